The number of hydrogen-bond donors (Lipinski definition) is 1. The second-order valence-electron chi connectivity index (χ2n) is 4.59. The van der Waals surface area contributed by atoms with Gasteiger partial charge >= 0.3 is 0 Å². The molecule has 0 spiro atoms. The molecule has 0 saturated carbocycles. The van der Waals surface area contributed by atoms with E-state index in [0.717, 1.165) is 22.8 Å². The van der Waals surface area contributed by atoms with Crippen LogP contribution < -0.4 is 9.47 Å². The third kappa shape index (κ3) is 3.23. The molecule has 0 amide bonds. The number of halogens is 1. The number of methoxy groups -OCH3 is 2. The van der Waals surface area contributed by atoms with Gasteiger partial charge in [0, 0.05) is 11.6 Å². The summed E-state index contributed by atoms with van der Waals surface area (Å²) in [5, 5.41) is 7.18. The Labute approximate surface area is 145 Å². The minimum atomic E-state index is 0. The molecule has 3 rings (SSSR count). The first-order valence-electron chi connectivity index (χ1n) is 6.70. The van der Waals surface area contributed by atoms with Gasteiger partial charge in [0.1, 0.15) is 11.5 Å². The molecular formula is C16H16ClN3O2S. The molecule has 0 unspecified atom stereocenters. The molecule has 0 fully saturated rings. The van der Waals surface area contributed by atoms with Crippen molar-refractivity contribution in [1.29, 1.82) is 0 Å². The molecule has 1 heterocycles. The highest BCUT2D eigenvalue weighted by Gasteiger charge is 2.14. The van der Waals surface area contributed by atoms with Gasteiger partial charge in [-0.2, -0.15) is 5.10 Å². The molecule has 23 heavy (non-hydrogen) atoms. The summed E-state index contributed by atoms with van der Waals surface area (Å²) in [6, 6.07) is 15.4. The van der Waals surface area contributed by atoms with Crippen LogP contribution in [0.2, 0.25) is 0 Å². The number of aromatic amines is 1. The highest BCUT2D eigenvalue weighted by Crippen LogP contribution is 2.31. The fourth-order valence-corrected chi connectivity index (χ4v) is 2.50. The maximum Gasteiger partial charge on any atom is 0.200 e. The summed E-state index contributed by atoms with van der Waals surface area (Å²) < 4.78 is 13.1. The van der Waals surface area contributed by atoms with Crippen molar-refractivity contribution in [2.24, 2.45) is 0 Å². The van der Waals surface area contributed by atoms with Crippen LogP contribution in [0.15, 0.2) is 48.5 Å². The second-order valence-corrected chi connectivity index (χ2v) is 4.98. The lowest BCUT2D eigenvalue weighted by molar-refractivity contribution is 0.393. The Bertz CT molecular complexity index is 846. The van der Waals surface area contributed by atoms with Gasteiger partial charge in [0.2, 0.25) is 0 Å². The summed E-state index contributed by atoms with van der Waals surface area (Å²) >= 11 is 5.38. The summed E-state index contributed by atoms with van der Waals surface area (Å²) in [4.78, 5) is 0. The molecule has 0 aliphatic rings. The van der Waals surface area contributed by atoms with E-state index in [1.807, 2.05) is 53.1 Å². The molecular weight excluding hydrogens is 334 g/mol. The zero-order valence-electron chi connectivity index (χ0n) is 12.6. The maximum absolute atomic E-state index is 5.47. The van der Waals surface area contributed by atoms with Crippen molar-refractivity contribution in [3.8, 4) is 28.6 Å². The smallest absolute Gasteiger partial charge is 0.200 e. The van der Waals surface area contributed by atoms with Crippen LogP contribution in [0.4, 0.5) is 0 Å². The van der Waals surface area contributed by atoms with Crippen molar-refractivity contribution in [2.75, 3.05) is 14.2 Å². The molecule has 1 aromatic heterocycles. The average Bonchev–Trinajstić information content (AvgIpc) is 2.96. The molecule has 0 saturated heterocycles. The van der Waals surface area contributed by atoms with E-state index in [4.69, 9.17) is 21.7 Å². The molecule has 0 aliphatic heterocycles. The molecule has 7 heteroatoms. The largest absolute Gasteiger partial charge is 0.497 e. The summed E-state index contributed by atoms with van der Waals surface area (Å²) in [7, 11) is 3.23. The molecule has 3 aromatic rings. The third-order valence-corrected chi connectivity index (χ3v) is 3.61. The van der Waals surface area contributed by atoms with Crippen molar-refractivity contribution < 1.29 is 9.47 Å². The van der Waals surface area contributed by atoms with Crippen molar-refractivity contribution in [3.63, 3.8) is 0 Å². The van der Waals surface area contributed by atoms with Crippen LogP contribution in [-0.4, -0.2) is 29.0 Å². The Morgan fingerprint density at radius 3 is 2.43 bits per heavy atom. The molecule has 5 nitrogen and oxygen atoms in total. The monoisotopic (exact) mass is 349 g/mol. The van der Waals surface area contributed by atoms with E-state index in [1.54, 1.807) is 14.2 Å². The minimum Gasteiger partial charge on any atom is -0.497 e. The van der Waals surface area contributed by atoms with E-state index in [-0.39, 0.29) is 12.4 Å². The van der Waals surface area contributed by atoms with Crippen LogP contribution in [0.5, 0.6) is 11.5 Å². The predicted molar refractivity (Wildman–Crippen MR) is 94.5 cm³/mol. The van der Waals surface area contributed by atoms with E-state index < -0.39 is 0 Å². The van der Waals surface area contributed by atoms with Crippen LogP contribution in [0.25, 0.3) is 17.1 Å². The fraction of sp³-hybridized carbons (Fsp3) is 0.125. The zero-order valence-corrected chi connectivity index (χ0v) is 14.3. The second kappa shape index (κ2) is 7.30. The predicted octanol–water partition coefficient (Wildman–Crippen LogP) is 4.04. The van der Waals surface area contributed by atoms with E-state index in [9.17, 15) is 0 Å². The number of H-pyrrole nitrogens is 1. The van der Waals surface area contributed by atoms with Crippen LogP contribution in [-0.2, 0) is 0 Å². The van der Waals surface area contributed by atoms with Gasteiger partial charge in [0.05, 0.1) is 19.9 Å². The molecule has 2 aromatic carbocycles. The SMILES string of the molecule is COc1ccc(-n2c(-c3ccccc3)n[nH]c2=S)c(OC)c1.Cl. The lowest BCUT2D eigenvalue weighted by Crippen LogP contribution is -2.01. The first-order chi connectivity index (χ1) is 10.7. The topological polar surface area (TPSA) is 52.1 Å². The number of benzene rings is 2. The quantitative estimate of drug-likeness (QED) is 0.722. The van der Waals surface area contributed by atoms with Gasteiger partial charge in [0.25, 0.3) is 0 Å². The number of nitrogens with zero attached hydrogens (tertiary/aromatic N) is 2. The van der Waals surface area contributed by atoms with Crippen LogP contribution in [0.3, 0.4) is 0 Å². The van der Waals surface area contributed by atoms with Crippen LogP contribution in [0.1, 0.15) is 0 Å². The fourth-order valence-electron chi connectivity index (χ4n) is 2.27. The van der Waals surface area contributed by atoms with Crippen molar-refractivity contribution >= 4 is 24.6 Å². The number of nitrogens with one attached hydrogen (secondary N) is 1. The molecule has 0 atom stereocenters. The summed E-state index contributed by atoms with van der Waals surface area (Å²) in [5.41, 5.74) is 1.77. The van der Waals surface area contributed by atoms with Gasteiger partial charge < -0.3 is 9.47 Å². The molecule has 1 N–H and O–H groups in total. The standard InChI is InChI=1S/C16H15N3O2S.ClH/c1-20-12-8-9-13(14(10-12)21-2)19-15(17-18-16(19)22)11-6-4-3-5-7-11;/h3-10H,1-2H3,(H,18,22);1H. The molecule has 0 bridgehead atoms. The van der Waals surface area contributed by atoms with Crippen molar-refractivity contribution in [2.45, 2.75) is 0 Å². The van der Waals surface area contributed by atoms with Gasteiger partial charge in [-0.25, -0.2) is 0 Å². The Hall–Kier alpha value is -2.31. The number of ether oxygens (including phenoxy) is 2. The van der Waals surface area contributed by atoms with E-state index in [1.165, 1.54) is 0 Å². The number of rotatable bonds is 4. The Morgan fingerprint density at radius 1 is 1.04 bits per heavy atom. The number of hydrogen-bond acceptors (Lipinski definition) is 4. The lowest BCUT2D eigenvalue weighted by atomic mass is 10.2. The average molecular weight is 350 g/mol. The molecule has 120 valence electrons. The summed E-state index contributed by atoms with van der Waals surface area (Å²) in [5.74, 6) is 2.11. The van der Waals surface area contributed by atoms with E-state index in [0.29, 0.717) is 10.5 Å². The first kappa shape index (κ1) is 17.1. The highest BCUT2D eigenvalue weighted by atomic mass is 35.5. The van der Waals surface area contributed by atoms with Crippen molar-refractivity contribution in [1.82, 2.24) is 14.8 Å². The van der Waals surface area contributed by atoms with E-state index in [2.05, 4.69) is 10.2 Å². The Kier molecular flexibility index (Phi) is 5.41. The summed E-state index contributed by atoms with van der Waals surface area (Å²) in [6.45, 7) is 0. The normalized spacial score (nSPS) is 10.0. The lowest BCUT2D eigenvalue weighted by Gasteiger charge is -2.12. The van der Waals surface area contributed by atoms with Gasteiger partial charge in [-0.3, -0.25) is 9.67 Å². The van der Waals surface area contributed by atoms with Crippen LogP contribution in [0, 0.1) is 4.77 Å². The van der Waals surface area contributed by atoms with Gasteiger partial charge in [-0.1, -0.05) is 30.3 Å². The summed E-state index contributed by atoms with van der Waals surface area (Å²) in [6.07, 6.45) is 0. The third-order valence-electron chi connectivity index (χ3n) is 3.33. The van der Waals surface area contributed by atoms with E-state index >= 15 is 0 Å². The number of aromatic nitrogens is 3. The first-order valence-corrected chi connectivity index (χ1v) is 7.10. The highest BCUT2D eigenvalue weighted by molar-refractivity contribution is 7.71. The minimum absolute atomic E-state index is 0. The maximum atomic E-state index is 5.47. The Balaban J connectivity index is 0.00000192. The van der Waals surface area contributed by atoms with Crippen molar-refractivity contribution in [3.05, 3.63) is 53.3 Å². The zero-order chi connectivity index (χ0) is 15.5. The Morgan fingerprint density at radius 2 is 1.78 bits per heavy atom. The van der Waals surface area contributed by atoms with Gasteiger partial charge in [-0.05, 0) is 24.4 Å². The van der Waals surface area contributed by atoms with Crippen LogP contribution >= 0.6 is 24.6 Å². The molecule has 0 aliphatic carbocycles. The van der Waals surface area contributed by atoms with Gasteiger partial charge in [-0.15, -0.1) is 12.4 Å². The van der Waals surface area contributed by atoms with Gasteiger partial charge in [0.15, 0.2) is 10.6 Å². The molecule has 0 radical (unpaired) electrons.